The highest BCUT2D eigenvalue weighted by Gasteiger charge is 2.37. The molecule has 4 heterocycles. The fraction of sp³-hybridized carbons (Fsp3) is 0.520. The van der Waals surface area contributed by atoms with Crippen LogP contribution in [0.3, 0.4) is 0 Å². The minimum Gasteiger partial charge on any atom is -0.495 e. The van der Waals surface area contributed by atoms with Gasteiger partial charge in [-0.25, -0.2) is 4.79 Å². The maximum absolute atomic E-state index is 13.3. The predicted octanol–water partition coefficient (Wildman–Crippen LogP) is 3.01. The van der Waals surface area contributed by atoms with E-state index in [1.165, 1.54) is 25.9 Å². The van der Waals surface area contributed by atoms with Crippen molar-refractivity contribution < 1.29 is 9.53 Å². The second kappa shape index (κ2) is 9.19. The molecule has 2 amide bonds. The average molecular weight is 452 g/mol. The van der Waals surface area contributed by atoms with Gasteiger partial charge in [0.15, 0.2) is 0 Å². The van der Waals surface area contributed by atoms with Crippen LogP contribution < -0.4 is 20.9 Å². The molecule has 0 spiro atoms. The average Bonchev–Trinajstić information content (AvgIpc) is 2.82. The summed E-state index contributed by atoms with van der Waals surface area (Å²) in [5, 5.41) is 5.51. The second-order valence-corrected chi connectivity index (χ2v) is 9.65. The van der Waals surface area contributed by atoms with Gasteiger partial charge < -0.3 is 24.8 Å². The number of aromatic nitrogens is 1. The first kappa shape index (κ1) is 22.0. The number of anilines is 2. The molecule has 0 aliphatic carbocycles. The highest BCUT2D eigenvalue weighted by molar-refractivity contribution is 6.00. The zero-order valence-corrected chi connectivity index (χ0v) is 19.4. The number of urea groups is 1. The lowest BCUT2D eigenvalue weighted by atomic mass is 9.82. The lowest BCUT2D eigenvalue weighted by Gasteiger charge is -2.47. The third-order valence-electron chi connectivity index (χ3n) is 7.44. The van der Waals surface area contributed by atoms with Crippen LogP contribution in [-0.4, -0.2) is 66.8 Å². The molecule has 1 aromatic carbocycles. The Bertz CT molecular complexity index is 1080. The molecule has 2 fully saturated rings. The van der Waals surface area contributed by atoms with Crippen molar-refractivity contribution >= 4 is 17.4 Å². The van der Waals surface area contributed by atoms with E-state index in [1.54, 1.807) is 25.3 Å². The molecule has 0 saturated carbocycles. The maximum atomic E-state index is 13.3. The van der Waals surface area contributed by atoms with Gasteiger partial charge in [-0.1, -0.05) is 12.1 Å². The van der Waals surface area contributed by atoms with Crippen LogP contribution in [0.4, 0.5) is 16.2 Å². The second-order valence-electron chi connectivity index (χ2n) is 9.65. The van der Waals surface area contributed by atoms with E-state index in [0.717, 1.165) is 31.7 Å². The first-order valence-electron chi connectivity index (χ1n) is 11.9. The van der Waals surface area contributed by atoms with E-state index < -0.39 is 6.03 Å². The van der Waals surface area contributed by atoms with Crippen LogP contribution in [-0.2, 0) is 6.54 Å². The molecule has 1 aromatic heterocycles. The number of para-hydroxylation sites is 2. The van der Waals surface area contributed by atoms with E-state index in [4.69, 9.17) is 4.74 Å². The largest absolute Gasteiger partial charge is 0.495 e. The summed E-state index contributed by atoms with van der Waals surface area (Å²) in [6.07, 6.45) is 3.60. The first-order chi connectivity index (χ1) is 16.0. The maximum Gasteiger partial charge on any atom is 0.323 e. The number of hydrogen-bond donors (Lipinski definition) is 2. The van der Waals surface area contributed by atoms with Crippen molar-refractivity contribution in [2.24, 2.45) is 5.92 Å². The highest BCUT2D eigenvalue weighted by Crippen LogP contribution is 2.37. The van der Waals surface area contributed by atoms with Crippen molar-refractivity contribution in [3.8, 4) is 5.75 Å². The van der Waals surface area contributed by atoms with Gasteiger partial charge in [-0.05, 0) is 69.6 Å². The topological polar surface area (TPSA) is 78.8 Å². The highest BCUT2D eigenvalue weighted by atomic mass is 16.5. The zero-order valence-electron chi connectivity index (χ0n) is 19.4. The summed E-state index contributed by atoms with van der Waals surface area (Å²) in [6, 6.07) is 11.2. The van der Waals surface area contributed by atoms with E-state index in [2.05, 4.69) is 27.5 Å². The number of nitrogens with zero attached hydrogens (tertiary/aromatic N) is 3. The summed E-state index contributed by atoms with van der Waals surface area (Å²) in [6.45, 7) is 5.13. The summed E-state index contributed by atoms with van der Waals surface area (Å²) in [4.78, 5) is 30.9. The van der Waals surface area contributed by atoms with Crippen molar-refractivity contribution in [3.63, 3.8) is 0 Å². The number of likely N-dealkylation sites (tertiary alicyclic amines) is 2. The molecule has 3 aliphatic heterocycles. The standard InChI is InChI=1S/C25H33N5O3/c1-28-11-9-19(10-12-28)29-14-17-13-18(16-29)22-8-7-21(24(31)30(22)15-17)27-25(32)26-20-5-3-4-6-23(20)33-2/h3-8,17-19H,9-16H2,1-2H3,(H2,26,27,32)/t17-,18+/m0/s1. The van der Waals surface area contributed by atoms with Crippen molar-refractivity contribution in [2.75, 3.05) is 51.0 Å². The van der Waals surface area contributed by atoms with Crippen molar-refractivity contribution in [2.45, 2.75) is 37.8 Å². The monoisotopic (exact) mass is 451 g/mol. The Hall–Kier alpha value is -2.84. The minimum atomic E-state index is -0.457. The van der Waals surface area contributed by atoms with Crippen LogP contribution in [0.2, 0.25) is 0 Å². The molecule has 176 valence electrons. The van der Waals surface area contributed by atoms with E-state index in [1.807, 2.05) is 22.8 Å². The summed E-state index contributed by atoms with van der Waals surface area (Å²) in [7, 11) is 3.76. The van der Waals surface area contributed by atoms with Crippen molar-refractivity contribution in [1.29, 1.82) is 0 Å². The van der Waals surface area contributed by atoms with Gasteiger partial charge in [0, 0.05) is 37.3 Å². The number of rotatable bonds is 4. The van der Waals surface area contributed by atoms with E-state index in [9.17, 15) is 9.59 Å². The lowest BCUT2D eigenvalue weighted by Crippen LogP contribution is -2.53. The Morgan fingerprint density at radius 2 is 1.76 bits per heavy atom. The summed E-state index contributed by atoms with van der Waals surface area (Å²) >= 11 is 0. The number of carbonyl (C=O) groups is 1. The zero-order chi connectivity index (χ0) is 22.9. The van der Waals surface area contributed by atoms with Crippen LogP contribution in [0, 0.1) is 5.92 Å². The Morgan fingerprint density at radius 1 is 1.00 bits per heavy atom. The van der Waals surface area contributed by atoms with Gasteiger partial charge in [-0.15, -0.1) is 0 Å². The van der Waals surface area contributed by atoms with Crippen LogP contribution in [0.5, 0.6) is 5.75 Å². The summed E-state index contributed by atoms with van der Waals surface area (Å²) < 4.78 is 7.17. The van der Waals surface area contributed by atoms with E-state index >= 15 is 0 Å². The fourth-order valence-electron chi connectivity index (χ4n) is 5.76. The van der Waals surface area contributed by atoms with Gasteiger partial charge >= 0.3 is 6.03 Å². The third-order valence-corrected chi connectivity index (χ3v) is 7.44. The molecule has 8 heteroatoms. The molecule has 0 radical (unpaired) electrons. The number of hydrogen-bond acceptors (Lipinski definition) is 5. The molecule has 2 N–H and O–H groups in total. The van der Waals surface area contributed by atoms with Gasteiger partial charge in [0.05, 0.1) is 12.8 Å². The van der Waals surface area contributed by atoms with Gasteiger partial charge in [0.1, 0.15) is 11.4 Å². The Labute approximate surface area is 194 Å². The molecule has 5 rings (SSSR count). The molecular formula is C25H33N5O3. The van der Waals surface area contributed by atoms with Gasteiger partial charge in [-0.3, -0.25) is 9.69 Å². The number of carbonyl (C=O) groups excluding carboxylic acids is 1. The summed E-state index contributed by atoms with van der Waals surface area (Å²) in [5.74, 6) is 1.42. The molecule has 2 saturated heterocycles. The van der Waals surface area contributed by atoms with E-state index in [-0.39, 0.29) is 5.56 Å². The lowest BCUT2D eigenvalue weighted by molar-refractivity contribution is 0.0517. The molecular weight excluding hydrogens is 418 g/mol. The molecule has 2 aromatic rings. The van der Waals surface area contributed by atoms with Crippen molar-refractivity contribution in [3.05, 3.63) is 52.4 Å². The van der Waals surface area contributed by atoms with Crippen LogP contribution in [0.15, 0.2) is 41.2 Å². The normalized spacial score (nSPS) is 23.6. The number of benzene rings is 1. The van der Waals surface area contributed by atoms with Crippen LogP contribution >= 0.6 is 0 Å². The summed E-state index contributed by atoms with van der Waals surface area (Å²) in [5.41, 5.74) is 1.84. The fourth-order valence-corrected chi connectivity index (χ4v) is 5.76. The number of nitrogens with one attached hydrogen (secondary N) is 2. The predicted molar refractivity (Wildman–Crippen MR) is 129 cm³/mol. The number of pyridine rings is 1. The quantitative estimate of drug-likeness (QED) is 0.747. The molecule has 0 unspecified atom stereocenters. The van der Waals surface area contributed by atoms with Gasteiger partial charge in [0.25, 0.3) is 5.56 Å². The number of methoxy groups -OCH3 is 1. The SMILES string of the molecule is COc1ccccc1NC(=O)Nc1ccc2n(c1=O)C[C@H]1C[C@@H]2CN(C2CCN(C)CC2)C1. The number of ether oxygens (including phenoxy) is 1. The Morgan fingerprint density at radius 3 is 2.55 bits per heavy atom. The molecule has 2 atom stereocenters. The Kier molecular flexibility index (Phi) is 6.12. The van der Waals surface area contributed by atoms with Gasteiger partial charge in [-0.2, -0.15) is 0 Å². The number of piperidine rings is 2. The number of fused-ring (bicyclic) bond motifs is 4. The molecule has 2 bridgehead atoms. The molecule has 8 nitrogen and oxygen atoms in total. The van der Waals surface area contributed by atoms with Gasteiger partial charge in [0.2, 0.25) is 0 Å². The number of amides is 2. The minimum absolute atomic E-state index is 0.120. The molecule has 33 heavy (non-hydrogen) atoms. The van der Waals surface area contributed by atoms with Crippen molar-refractivity contribution in [1.82, 2.24) is 14.4 Å². The first-order valence-corrected chi connectivity index (χ1v) is 11.9. The van der Waals surface area contributed by atoms with Crippen LogP contribution in [0.25, 0.3) is 0 Å². The Balaban J connectivity index is 1.30. The van der Waals surface area contributed by atoms with E-state index in [0.29, 0.717) is 35.0 Å². The molecule has 3 aliphatic rings. The third kappa shape index (κ3) is 4.50. The van der Waals surface area contributed by atoms with Crippen LogP contribution in [0.1, 0.15) is 30.9 Å². The smallest absolute Gasteiger partial charge is 0.323 e.